The minimum absolute atomic E-state index is 0.0250. The van der Waals surface area contributed by atoms with Crippen molar-refractivity contribution in [3.05, 3.63) is 76.5 Å². The number of nitriles is 1. The molecule has 2 fully saturated rings. The van der Waals surface area contributed by atoms with Gasteiger partial charge in [0.25, 0.3) is 0 Å². The molecule has 2 aliphatic rings. The third-order valence-corrected chi connectivity index (χ3v) is 7.73. The van der Waals surface area contributed by atoms with Crippen LogP contribution in [0.25, 0.3) is 10.9 Å². The predicted octanol–water partition coefficient (Wildman–Crippen LogP) is 5.66. The van der Waals surface area contributed by atoms with Gasteiger partial charge >= 0.3 is 0 Å². The zero-order valence-corrected chi connectivity index (χ0v) is 21.1. The highest BCUT2D eigenvalue weighted by Gasteiger charge is 2.41. The van der Waals surface area contributed by atoms with Crippen LogP contribution in [0, 0.1) is 17.1 Å². The average Bonchev–Trinajstić information content (AvgIpc) is 3.83. The van der Waals surface area contributed by atoms with E-state index in [-0.39, 0.29) is 11.4 Å². The van der Waals surface area contributed by atoms with E-state index < -0.39 is 5.44 Å². The Labute approximate surface area is 220 Å². The minimum Gasteiger partial charge on any atom is -0.378 e. The number of hydrogen-bond acceptors (Lipinski definition) is 6. The highest BCUT2D eigenvalue weighted by atomic mass is 35.5. The Morgan fingerprint density at radius 1 is 1.27 bits per heavy atom. The normalized spacial score (nSPS) is 17.7. The van der Waals surface area contributed by atoms with Crippen molar-refractivity contribution in [3.63, 3.8) is 0 Å². The molecule has 10 heteroatoms. The van der Waals surface area contributed by atoms with Crippen LogP contribution in [-0.2, 0) is 5.44 Å². The molecule has 7 nitrogen and oxygen atoms in total. The standard InChI is InChI=1S/C27H24BClFN7/c1-2-26(9-10-26)34-24-16(13-31)14-32-25-21(24)11-19(12-22(25)29)33-27(28,17-3-5-18(30)6-4-17)23-15-37(36-35-23)20-7-8-20/h3-6,11-12,14-15,20,33H,2,7-10H2,1H3,(H,32,34). The first-order chi connectivity index (χ1) is 17.8. The molecule has 2 saturated carbocycles. The smallest absolute Gasteiger partial charge is 0.123 e. The van der Waals surface area contributed by atoms with E-state index in [0.29, 0.717) is 44.8 Å². The summed E-state index contributed by atoms with van der Waals surface area (Å²) in [5.41, 5.74) is 2.10. The molecule has 0 aliphatic heterocycles. The number of halogens is 2. The van der Waals surface area contributed by atoms with Gasteiger partial charge in [-0.25, -0.2) is 9.07 Å². The quantitative estimate of drug-likeness (QED) is 0.297. The van der Waals surface area contributed by atoms with E-state index in [1.165, 1.54) is 12.1 Å². The lowest BCUT2D eigenvalue weighted by Crippen LogP contribution is -2.37. The Hall–Kier alpha value is -3.64. The Balaban J connectivity index is 1.47. The molecular weight excluding hydrogens is 488 g/mol. The number of aromatic nitrogens is 4. The maximum Gasteiger partial charge on any atom is 0.123 e. The van der Waals surface area contributed by atoms with E-state index >= 15 is 0 Å². The summed E-state index contributed by atoms with van der Waals surface area (Å²) in [6.45, 7) is 2.13. The number of rotatable bonds is 8. The van der Waals surface area contributed by atoms with Gasteiger partial charge in [-0.15, -0.1) is 5.10 Å². The first-order valence-electron chi connectivity index (χ1n) is 12.4. The van der Waals surface area contributed by atoms with Crippen LogP contribution in [0.1, 0.15) is 61.9 Å². The van der Waals surface area contributed by atoms with Crippen molar-refractivity contribution < 1.29 is 4.39 Å². The third kappa shape index (κ3) is 4.29. The number of pyridine rings is 1. The van der Waals surface area contributed by atoms with Crippen LogP contribution in [-0.4, -0.2) is 33.4 Å². The number of nitrogens with zero attached hydrogens (tertiary/aromatic N) is 5. The molecule has 2 aliphatic carbocycles. The van der Waals surface area contributed by atoms with Crippen molar-refractivity contribution in [3.8, 4) is 6.07 Å². The van der Waals surface area contributed by atoms with Gasteiger partial charge in [-0.2, -0.15) is 5.26 Å². The Kier molecular flexibility index (Phi) is 5.61. The van der Waals surface area contributed by atoms with E-state index in [2.05, 4.69) is 38.9 Å². The maximum absolute atomic E-state index is 13.8. The lowest BCUT2D eigenvalue weighted by Gasteiger charge is -2.32. The summed E-state index contributed by atoms with van der Waals surface area (Å²) in [6.07, 6.45) is 8.50. The summed E-state index contributed by atoms with van der Waals surface area (Å²) in [5.74, 6) is -0.364. The number of hydrogen-bond donors (Lipinski definition) is 2. The molecule has 1 atom stereocenters. The maximum atomic E-state index is 13.8. The molecule has 2 N–H and O–H groups in total. The predicted molar refractivity (Wildman–Crippen MR) is 142 cm³/mol. The summed E-state index contributed by atoms with van der Waals surface area (Å²) < 4.78 is 15.6. The van der Waals surface area contributed by atoms with Crippen molar-refractivity contribution in [2.75, 3.05) is 10.6 Å². The molecule has 2 aromatic heterocycles. The van der Waals surface area contributed by atoms with Crippen molar-refractivity contribution in [2.45, 2.75) is 56.0 Å². The number of benzene rings is 2. The molecule has 1 unspecified atom stereocenters. The summed E-state index contributed by atoms with van der Waals surface area (Å²) in [4.78, 5) is 4.46. The van der Waals surface area contributed by atoms with Crippen molar-refractivity contribution in [1.29, 1.82) is 5.26 Å². The lowest BCUT2D eigenvalue weighted by molar-refractivity contribution is 0.610. The van der Waals surface area contributed by atoms with Gasteiger partial charge in [0, 0.05) is 22.8 Å². The Morgan fingerprint density at radius 3 is 2.68 bits per heavy atom. The largest absolute Gasteiger partial charge is 0.378 e. The average molecular weight is 512 g/mol. The van der Waals surface area contributed by atoms with E-state index in [1.807, 2.05) is 16.9 Å². The molecule has 0 amide bonds. The van der Waals surface area contributed by atoms with E-state index in [9.17, 15) is 9.65 Å². The fraction of sp³-hybridized carbons (Fsp3) is 0.333. The van der Waals surface area contributed by atoms with Crippen LogP contribution in [0.2, 0.25) is 5.02 Å². The van der Waals surface area contributed by atoms with Gasteiger partial charge in [0.15, 0.2) is 0 Å². The first kappa shape index (κ1) is 23.7. The van der Waals surface area contributed by atoms with Gasteiger partial charge in [-0.1, -0.05) is 35.9 Å². The molecule has 37 heavy (non-hydrogen) atoms. The van der Waals surface area contributed by atoms with Crippen molar-refractivity contribution >= 4 is 41.7 Å². The van der Waals surface area contributed by atoms with Gasteiger partial charge in [-0.05, 0) is 61.9 Å². The second-order valence-corrected chi connectivity index (χ2v) is 10.4. The highest BCUT2D eigenvalue weighted by molar-refractivity contribution is 6.36. The summed E-state index contributed by atoms with van der Waals surface area (Å²) in [5, 5.41) is 26.6. The van der Waals surface area contributed by atoms with E-state index in [4.69, 9.17) is 19.4 Å². The molecule has 2 heterocycles. The van der Waals surface area contributed by atoms with Gasteiger partial charge in [-0.3, -0.25) is 4.98 Å². The molecule has 184 valence electrons. The van der Waals surface area contributed by atoms with Crippen molar-refractivity contribution in [1.82, 2.24) is 20.0 Å². The fourth-order valence-electron chi connectivity index (χ4n) is 4.73. The third-order valence-electron chi connectivity index (χ3n) is 7.44. The minimum atomic E-state index is -1.33. The summed E-state index contributed by atoms with van der Waals surface area (Å²) >= 11 is 6.71. The number of nitrogens with one attached hydrogen (secondary N) is 2. The van der Waals surface area contributed by atoms with Gasteiger partial charge in [0.2, 0.25) is 0 Å². The molecule has 0 saturated heterocycles. The van der Waals surface area contributed by atoms with Crippen LogP contribution in [0.4, 0.5) is 15.8 Å². The van der Waals surface area contributed by atoms with Crippen LogP contribution in [0.5, 0.6) is 0 Å². The van der Waals surface area contributed by atoms with Crippen LogP contribution >= 0.6 is 11.6 Å². The highest BCUT2D eigenvalue weighted by Crippen LogP contribution is 2.45. The lowest BCUT2D eigenvalue weighted by atomic mass is 9.69. The zero-order valence-electron chi connectivity index (χ0n) is 20.3. The fourth-order valence-corrected chi connectivity index (χ4v) is 5.00. The molecule has 2 aromatic carbocycles. The molecule has 2 radical (unpaired) electrons. The topological polar surface area (TPSA) is 91.5 Å². The second kappa shape index (κ2) is 8.74. The van der Waals surface area contributed by atoms with E-state index in [1.54, 1.807) is 24.4 Å². The van der Waals surface area contributed by atoms with Gasteiger partial charge < -0.3 is 10.6 Å². The first-order valence-corrected chi connectivity index (χ1v) is 12.8. The summed E-state index contributed by atoms with van der Waals surface area (Å²) in [7, 11) is 7.00. The molecule has 0 bridgehead atoms. The monoisotopic (exact) mass is 511 g/mol. The SMILES string of the molecule is [B]C(Nc1cc(Cl)c2ncc(C#N)c(NC3(CC)CC3)c2c1)(c1ccc(F)cc1)c1cn(C2CC2)nn1. The van der Waals surface area contributed by atoms with Gasteiger partial charge in [0.1, 0.15) is 25.4 Å². The van der Waals surface area contributed by atoms with E-state index in [0.717, 1.165) is 37.5 Å². The number of fused-ring (bicyclic) bond motifs is 1. The Morgan fingerprint density at radius 2 is 2.03 bits per heavy atom. The molecule has 6 rings (SSSR count). The van der Waals surface area contributed by atoms with Crippen molar-refractivity contribution in [2.24, 2.45) is 0 Å². The zero-order chi connectivity index (χ0) is 25.8. The molecule has 4 aromatic rings. The van der Waals surface area contributed by atoms with Crippen LogP contribution in [0.15, 0.2) is 48.8 Å². The number of anilines is 2. The molecular formula is C27H24BClFN7. The van der Waals surface area contributed by atoms with Crippen LogP contribution in [0.3, 0.4) is 0 Å². The van der Waals surface area contributed by atoms with Crippen LogP contribution < -0.4 is 10.6 Å². The second-order valence-electron chi connectivity index (χ2n) is 10.0. The Bertz CT molecular complexity index is 1540. The summed E-state index contributed by atoms with van der Waals surface area (Å²) in [6, 6.07) is 12.2. The van der Waals surface area contributed by atoms with Gasteiger partial charge in [0.05, 0.1) is 39.5 Å². The molecule has 0 spiro atoms.